The Kier molecular flexibility index (Phi) is 8.14. The lowest BCUT2D eigenvalue weighted by molar-refractivity contribution is -0.137. The molecule has 3 rings (SSSR count). The van der Waals surface area contributed by atoms with Crippen molar-refractivity contribution in [3.63, 3.8) is 0 Å². The largest absolute Gasteiger partial charge is 0.416 e. The Morgan fingerprint density at radius 2 is 1.50 bits per heavy atom. The summed E-state index contributed by atoms with van der Waals surface area (Å²) >= 11 is 0. The summed E-state index contributed by atoms with van der Waals surface area (Å²) in [5, 5.41) is 0. The maximum atomic E-state index is 12.6. The van der Waals surface area contributed by atoms with E-state index in [0.717, 1.165) is 43.0 Å². The average molecular weight is 476 g/mol. The molecule has 0 aliphatic carbocycles. The number of halogens is 3. The fraction of sp³-hybridized carbons (Fsp3) is 0.375. The van der Waals surface area contributed by atoms with Crippen LogP contribution in [0.2, 0.25) is 0 Å². The standard InChI is InChI=1S/C24H27F3N4O3/c1-17(16-22(33)31-13-11-30(12-14-31)20-5-3-2-4-6-20)15-21(32)28-29-23(34)18-7-9-19(10-8-18)24(25,26)27/h2-10,17H,11-16H2,1H3,(H,28,32)(H,29,34)/t17-/m0/s1. The monoisotopic (exact) mass is 476 g/mol. The molecule has 0 unspecified atom stereocenters. The molecule has 2 aromatic rings. The zero-order valence-corrected chi connectivity index (χ0v) is 18.8. The van der Waals surface area contributed by atoms with Crippen LogP contribution in [0.25, 0.3) is 0 Å². The minimum atomic E-state index is -4.49. The number of nitrogens with one attached hydrogen (secondary N) is 2. The number of anilines is 1. The molecule has 1 aliphatic rings. The topological polar surface area (TPSA) is 81.8 Å². The molecule has 1 heterocycles. The van der Waals surface area contributed by atoms with E-state index in [4.69, 9.17) is 0 Å². The highest BCUT2D eigenvalue weighted by Crippen LogP contribution is 2.29. The van der Waals surface area contributed by atoms with Gasteiger partial charge in [-0.15, -0.1) is 0 Å². The second kappa shape index (κ2) is 11.0. The highest BCUT2D eigenvalue weighted by atomic mass is 19.4. The molecule has 1 fully saturated rings. The van der Waals surface area contributed by atoms with Gasteiger partial charge in [-0.2, -0.15) is 13.2 Å². The van der Waals surface area contributed by atoms with Crippen molar-refractivity contribution < 1.29 is 27.6 Å². The Morgan fingerprint density at radius 3 is 2.09 bits per heavy atom. The number of piperazine rings is 1. The summed E-state index contributed by atoms with van der Waals surface area (Å²) in [4.78, 5) is 40.8. The van der Waals surface area contributed by atoms with Gasteiger partial charge in [-0.1, -0.05) is 25.1 Å². The van der Waals surface area contributed by atoms with Gasteiger partial charge in [-0.25, -0.2) is 0 Å². The van der Waals surface area contributed by atoms with Crippen LogP contribution in [0, 0.1) is 5.92 Å². The predicted octanol–water partition coefficient (Wildman–Crippen LogP) is 3.23. The molecule has 0 bridgehead atoms. The second-order valence-corrected chi connectivity index (χ2v) is 8.29. The number of para-hydroxylation sites is 1. The number of rotatable bonds is 6. The number of carbonyl (C=O) groups is 3. The number of benzene rings is 2. The molecule has 10 heteroatoms. The molecule has 1 aliphatic heterocycles. The van der Waals surface area contributed by atoms with Crippen molar-refractivity contribution in [2.24, 2.45) is 5.92 Å². The molecular formula is C24H27F3N4O3. The fourth-order valence-corrected chi connectivity index (χ4v) is 3.73. The smallest absolute Gasteiger partial charge is 0.368 e. The summed E-state index contributed by atoms with van der Waals surface area (Å²) in [5.41, 5.74) is 4.65. The summed E-state index contributed by atoms with van der Waals surface area (Å²) in [6, 6.07) is 13.6. The second-order valence-electron chi connectivity index (χ2n) is 8.29. The summed E-state index contributed by atoms with van der Waals surface area (Å²) in [7, 11) is 0. The minimum absolute atomic E-state index is 0.0169. The maximum Gasteiger partial charge on any atom is 0.416 e. The molecule has 0 spiro atoms. The highest BCUT2D eigenvalue weighted by Gasteiger charge is 2.30. The maximum absolute atomic E-state index is 12.6. The van der Waals surface area contributed by atoms with Crippen LogP contribution in [-0.4, -0.2) is 48.8 Å². The number of hydrazine groups is 1. The first-order valence-electron chi connectivity index (χ1n) is 11.0. The number of alkyl halides is 3. The molecule has 182 valence electrons. The first kappa shape index (κ1) is 25.1. The van der Waals surface area contributed by atoms with Gasteiger partial charge in [0.25, 0.3) is 5.91 Å². The molecule has 0 radical (unpaired) electrons. The molecule has 34 heavy (non-hydrogen) atoms. The van der Waals surface area contributed by atoms with E-state index in [1.165, 1.54) is 0 Å². The fourth-order valence-electron chi connectivity index (χ4n) is 3.73. The Morgan fingerprint density at radius 1 is 0.882 bits per heavy atom. The van der Waals surface area contributed by atoms with Crippen molar-refractivity contribution in [3.8, 4) is 0 Å². The number of amides is 3. The van der Waals surface area contributed by atoms with Crippen LogP contribution >= 0.6 is 0 Å². The van der Waals surface area contributed by atoms with E-state index < -0.39 is 23.6 Å². The van der Waals surface area contributed by atoms with Crippen LogP contribution < -0.4 is 15.8 Å². The molecule has 2 N–H and O–H groups in total. The Balaban J connectivity index is 1.38. The first-order valence-corrected chi connectivity index (χ1v) is 11.0. The van der Waals surface area contributed by atoms with Crippen molar-refractivity contribution in [1.82, 2.24) is 15.8 Å². The van der Waals surface area contributed by atoms with Gasteiger partial charge >= 0.3 is 6.18 Å². The van der Waals surface area contributed by atoms with E-state index in [9.17, 15) is 27.6 Å². The Labute approximate surface area is 195 Å². The first-order chi connectivity index (χ1) is 16.1. The van der Waals surface area contributed by atoms with Gasteiger partial charge in [0.15, 0.2) is 0 Å². The van der Waals surface area contributed by atoms with Crippen LogP contribution in [0.5, 0.6) is 0 Å². The lowest BCUT2D eigenvalue weighted by Gasteiger charge is -2.36. The molecule has 0 aromatic heterocycles. The van der Waals surface area contributed by atoms with Gasteiger partial charge in [-0.05, 0) is 42.3 Å². The zero-order chi connectivity index (χ0) is 24.7. The average Bonchev–Trinajstić information content (AvgIpc) is 2.82. The summed E-state index contributed by atoms with van der Waals surface area (Å²) in [6.45, 7) is 4.46. The number of hydrogen-bond acceptors (Lipinski definition) is 4. The quantitative estimate of drug-likeness (QED) is 0.628. The molecule has 0 saturated carbocycles. The van der Waals surface area contributed by atoms with Crippen LogP contribution in [0.3, 0.4) is 0 Å². The van der Waals surface area contributed by atoms with E-state index >= 15 is 0 Å². The molecule has 2 aromatic carbocycles. The van der Waals surface area contributed by atoms with Gasteiger partial charge in [0, 0.05) is 50.3 Å². The lowest BCUT2D eigenvalue weighted by Crippen LogP contribution is -2.49. The van der Waals surface area contributed by atoms with E-state index in [1.54, 1.807) is 11.8 Å². The molecule has 7 nitrogen and oxygen atoms in total. The van der Waals surface area contributed by atoms with E-state index in [2.05, 4.69) is 15.8 Å². The van der Waals surface area contributed by atoms with Crippen molar-refractivity contribution in [1.29, 1.82) is 0 Å². The van der Waals surface area contributed by atoms with E-state index in [0.29, 0.717) is 13.1 Å². The minimum Gasteiger partial charge on any atom is -0.368 e. The van der Waals surface area contributed by atoms with Crippen molar-refractivity contribution in [2.75, 3.05) is 31.1 Å². The number of hydrogen-bond donors (Lipinski definition) is 2. The van der Waals surface area contributed by atoms with Crippen molar-refractivity contribution >= 4 is 23.4 Å². The van der Waals surface area contributed by atoms with Crippen molar-refractivity contribution in [2.45, 2.75) is 25.9 Å². The molecule has 1 atom stereocenters. The van der Waals surface area contributed by atoms with Gasteiger partial charge < -0.3 is 9.80 Å². The Bertz CT molecular complexity index is 989. The predicted molar refractivity (Wildman–Crippen MR) is 121 cm³/mol. The third-order valence-electron chi connectivity index (χ3n) is 5.60. The highest BCUT2D eigenvalue weighted by molar-refractivity contribution is 5.95. The summed E-state index contributed by atoms with van der Waals surface area (Å²) in [5.74, 6) is -1.50. The molecule has 3 amide bonds. The summed E-state index contributed by atoms with van der Waals surface area (Å²) in [6.07, 6.45) is -4.28. The van der Waals surface area contributed by atoms with E-state index in [-0.39, 0.29) is 30.2 Å². The van der Waals surface area contributed by atoms with Crippen LogP contribution in [0.4, 0.5) is 18.9 Å². The van der Waals surface area contributed by atoms with E-state index in [1.807, 2.05) is 30.3 Å². The normalized spacial score (nSPS) is 14.9. The third-order valence-corrected chi connectivity index (χ3v) is 5.60. The summed E-state index contributed by atoms with van der Waals surface area (Å²) < 4.78 is 37.8. The zero-order valence-electron chi connectivity index (χ0n) is 18.8. The number of nitrogens with zero attached hydrogens (tertiary/aromatic N) is 2. The van der Waals surface area contributed by atoms with Crippen LogP contribution in [0.15, 0.2) is 54.6 Å². The van der Waals surface area contributed by atoms with Crippen LogP contribution in [0.1, 0.15) is 35.7 Å². The number of carbonyl (C=O) groups excluding carboxylic acids is 3. The third kappa shape index (κ3) is 6.97. The van der Waals surface area contributed by atoms with Gasteiger partial charge in [0.2, 0.25) is 11.8 Å². The van der Waals surface area contributed by atoms with Gasteiger partial charge in [0.05, 0.1) is 5.56 Å². The Hall–Kier alpha value is -3.56. The SMILES string of the molecule is C[C@@H](CC(=O)NNC(=O)c1ccc(C(F)(F)F)cc1)CC(=O)N1CCN(c2ccccc2)CC1. The van der Waals surface area contributed by atoms with Crippen LogP contribution in [-0.2, 0) is 15.8 Å². The molecular weight excluding hydrogens is 449 g/mol. The van der Waals surface area contributed by atoms with Crippen molar-refractivity contribution in [3.05, 3.63) is 65.7 Å². The molecule has 1 saturated heterocycles. The lowest BCUT2D eigenvalue weighted by atomic mass is 10.0. The van der Waals surface area contributed by atoms with Gasteiger partial charge in [-0.3, -0.25) is 25.2 Å². The van der Waals surface area contributed by atoms with Gasteiger partial charge in [0.1, 0.15) is 0 Å².